The molecule has 1 heterocycles. The monoisotopic (exact) mass is 252 g/mol. The first-order chi connectivity index (χ1) is 8.66. The minimum absolute atomic E-state index is 0.122. The molecule has 0 saturated carbocycles. The molecule has 18 heavy (non-hydrogen) atoms. The molecule has 98 valence electrons. The average molecular weight is 252 g/mol. The summed E-state index contributed by atoms with van der Waals surface area (Å²) in [5, 5.41) is 6.03. The van der Waals surface area contributed by atoms with Crippen LogP contribution in [-0.2, 0) is 4.74 Å². The molecule has 1 aromatic rings. The van der Waals surface area contributed by atoms with Crippen LogP contribution in [0.1, 0.15) is 15.9 Å². The molecule has 2 rings (SSSR count). The van der Waals surface area contributed by atoms with Crippen LogP contribution in [0.2, 0.25) is 0 Å². The van der Waals surface area contributed by atoms with Gasteiger partial charge >= 0.3 is 0 Å². The fourth-order valence-corrected chi connectivity index (χ4v) is 1.90. The zero-order chi connectivity index (χ0) is 13.0. The topological polar surface area (TPSA) is 50.4 Å². The van der Waals surface area contributed by atoms with Gasteiger partial charge in [-0.2, -0.15) is 0 Å². The Bertz CT molecular complexity index is 431. The predicted molar refractivity (Wildman–Crippen MR) is 66.1 cm³/mol. The van der Waals surface area contributed by atoms with E-state index in [1.54, 1.807) is 13.0 Å². The molecule has 1 aliphatic heterocycles. The Morgan fingerprint density at radius 1 is 1.61 bits per heavy atom. The zero-order valence-electron chi connectivity index (χ0n) is 10.3. The summed E-state index contributed by atoms with van der Waals surface area (Å²) in [5.41, 5.74) is 1.15. The van der Waals surface area contributed by atoms with Gasteiger partial charge in [0.05, 0.1) is 13.2 Å². The fourth-order valence-electron chi connectivity index (χ4n) is 1.90. The van der Waals surface area contributed by atoms with E-state index in [0.717, 1.165) is 12.1 Å². The number of hydrogen-bond acceptors (Lipinski definition) is 3. The average Bonchev–Trinajstić information content (AvgIpc) is 2.40. The standard InChI is InChI=1S/C13H17FN2O2/c1-9-2-3-10(14)6-12(9)13(17)16-7-11-8-18-5-4-15-11/h2-3,6,11,15H,4-5,7-8H2,1H3,(H,16,17). The summed E-state index contributed by atoms with van der Waals surface area (Å²) in [6.07, 6.45) is 0. The van der Waals surface area contributed by atoms with E-state index in [1.165, 1.54) is 12.1 Å². The highest BCUT2D eigenvalue weighted by Crippen LogP contribution is 2.10. The van der Waals surface area contributed by atoms with Crippen LogP contribution in [0.4, 0.5) is 4.39 Å². The maximum atomic E-state index is 13.1. The quantitative estimate of drug-likeness (QED) is 0.838. The number of carbonyl (C=O) groups excluding carboxylic acids is 1. The van der Waals surface area contributed by atoms with Crippen molar-refractivity contribution in [2.75, 3.05) is 26.3 Å². The van der Waals surface area contributed by atoms with Crippen LogP contribution in [0, 0.1) is 12.7 Å². The number of halogens is 1. The molecule has 1 aliphatic rings. The smallest absolute Gasteiger partial charge is 0.251 e. The number of amides is 1. The molecule has 5 heteroatoms. The number of benzene rings is 1. The summed E-state index contributed by atoms with van der Waals surface area (Å²) in [4.78, 5) is 11.9. The third kappa shape index (κ3) is 3.27. The zero-order valence-corrected chi connectivity index (χ0v) is 10.3. The van der Waals surface area contributed by atoms with Crippen molar-refractivity contribution in [1.29, 1.82) is 0 Å². The fraction of sp³-hybridized carbons (Fsp3) is 0.462. The van der Waals surface area contributed by atoms with Crippen LogP contribution >= 0.6 is 0 Å². The van der Waals surface area contributed by atoms with Gasteiger partial charge in [-0.25, -0.2) is 4.39 Å². The van der Waals surface area contributed by atoms with E-state index in [4.69, 9.17) is 4.74 Å². The maximum absolute atomic E-state index is 13.1. The van der Waals surface area contributed by atoms with E-state index in [-0.39, 0.29) is 11.9 Å². The number of ether oxygens (including phenoxy) is 1. The van der Waals surface area contributed by atoms with Crippen molar-refractivity contribution in [3.05, 3.63) is 35.1 Å². The molecule has 1 fully saturated rings. The van der Waals surface area contributed by atoms with Gasteiger partial charge in [-0.15, -0.1) is 0 Å². The highest BCUT2D eigenvalue weighted by atomic mass is 19.1. The molecular weight excluding hydrogens is 235 g/mol. The molecule has 0 aromatic heterocycles. The van der Waals surface area contributed by atoms with Gasteiger partial charge in [-0.1, -0.05) is 6.07 Å². The number of morpholine rings is 1. The second-order valence-electron chi connectivity index (χ2n) is 4.40. The third-order valence-electron chi connectivity index (χ3n) is 2.95. The van der Waals surface area contributed by atoms with Crippen molar-refractivity contribution in [3.8, 4) is 0 Å². The second-order valence-corrected chi connectivity index (χ2v) is 4.40. The Kier molecular flexibility index (Phi) is 4.28. The third-order valence-corrected chi connectivity index (χ3v) is 2.95. The number of carbonyl (C=O) groups is 1. The van der Waals surface area contributed by atoms with Gasteiger partial charge in [0.2, 0.25) is 0 Å². The minimum atomic E-state index is -0.398. The second kappa shape index (κ2) is 5.93. The summed E-state index contributed by atoms with van der Waals surface area (Å²) in [7, 11) is 0. The van der Waals surface area contributed by atoms with Crippen molar-refractivity contribution in [3.63, 3.8) is 0 Å². The van der Waals surface area contributed by atoms with E-state index in [1.807, 2.05) is 0 Å². The van der Waals surface area contributed by atoms with Crippen LogP contribution < -0.4 is 10.6 Å². The SMILES string of the molecule is Cc1ccc(F)cc1C(=O)NCC1COCCN1. The van der Waals surface area contributed by atoms with Gasteiger partial charge in [0.1, 0.15) is 5.82 Å². The number of nitrogens with one attached hydrogen (secondary N) is 2. The molecule has 4 nitrogen and oxygen atoms in total. The van der Waals surface area contributed by atoms with Gasteiger partial charge in [-0.3, -0.25) is 4.79 Å². The Balaban J connectivity index is 1.92. The number of rotatable bonds is 3. The lowest BCUT2D eigenvalue weighted by molar-refractivity contribution is 0.0734. The molecule has 1 saturated heterocycles. The Hall–Kier alpha value is -1.46. The normalized spacial score (nSPS) is 19.6. The first kappa shape index (κ1) is 13.0. The summed E-state index contributed by atoms with van der Waals surface area (Å²) in [6, 6.07) is 4.33. The first-order valence-corrected chi connectivity index (χ1v) is 6.02. The number of aryl methyl sites for hydroxylation is 1. The summed E-state index contributed by atoms with van der Waals surface area (Å²) >= 11 is 0. The molecule has 1 amide bonds. The van der Waals surface area contributed by atoms with E-state index in [2.05, 4.69) is 10.6 Å². The lowest BCUT2D eigenvalue weighted by atomic mass is 10.1. The van der Waals surface area contributed by atoms with Crippen LogP contribution in [0.5, 0.6) is 0 Å². The maximum Gasteiger partial charge on any atom is 0.251 e. The number of hydrogen-bond donors (Lipinski definition) is 2. The molecule has 1 unspecified atom stereocenters. The van der Waals surface area contributed by atoms with Gasteiger partial charge < -0.3 is 15.4 Å². The Morgan fingerprint density at radius 3 is 3.17 bits per heavy atom. The molecule has 1 aromatic carbocycles. The van der Waals surface area contributed by atoms with Crippen molar-refractivity contribution in [1.82, 2.24) is 10.6 Å². The van der Waals surface area contributed by atoms with Crippen molar-refractivity contribution in [2.24, 2.45) is 0 Å². The molecule has 0 radical (unpaired) electrons. The van der Waals surface area contributed by atoms with Gasteiger partial charge in [0, 0.05) is 24.7 Å². The summed E-state index contributed by atoms with van der Waals surface area (Å²) in [5.74, 6) is -0.649. The molecule has 0 bridgehead atoms. The van der Waals surface area contributed by atoms with Gasteiger partial charge in [0.25, 0.3) is 5.91 Å². The minimum Gasteiger partial charge on any atom is -0.378 e. The lowest BCUT2D eigenvalue weighted by Crippen LogP contribution is -2.48. The highest BCUT2D eigenvalue weighted by molar-refractivity contribution is 5.95. The first-order valence-electron chi connectivity index (χ1n) is 6.02. The van der Waals surface area contributed by atoms with E-state index < -0.39 is 5.82 Å². The largest absolute Gasteiger partial charge is 0.378 e. The molecule has 1 atom stereocenters. The molecular formula is C13H17FN2O2. The van der Waals surface area contributed by atoms with E-state index in [9.17, 15) is 9.18 Å². The Labute approximate surface area is 106 Å². The van der Waals surface area contributed by atoms with Crippen LogP contribution in [0.25, 0.3) is 0 Å². The molecule has 2 N–H and O–H groups in total. The van der Waals surface area contributed by atoms with Crippen molar-refractivity contribution in [2.45, 2.75) is 13.0 Å². The van der Waals surface area contributed by atoms with Crippen LogP contribution in [0.15, 0.2) is 18.2 Å². The molecule has 0 spiro atoms. The van der Waals surface area contributed by atoms with Gasteiger partial charge in [0.15, 0.2) is 0 Å². The lowest BCUT2D eigenvalue weighted by Gasteiger charge is -2.24. The van der Waals surface area contributed by atoms with Crippen molar-refractivity contribution < 1.29 is 13.9 Å². The highest BCUT2D eigenvalue weighted by Gasteiger charge is 2.15. The predicted octanol–water partition coefficient (Wildman–Crippen LogP) is 0.852. The van der Waals surface area contributed by atoms with Crippen LogP contribution in [-0.4, -0.2) is 38.3 Å². The summed E-state index contributed by atoms with van der Waals surface area (Å²) < 4.78 is 18.4. The van der Waals surface area contributed by atoms with E-state index >= 15 is 0 Å². The van der Waals surface area contributed by atoms with Gasteiger partial charge in [-0.05, 0) is 24.6 Å². The van der Waals surface area contributed by atoms with Crippen molar-refractivity contribution >= 4 is 5.91 Å². The van der Waals surface area contributed by atoms with Crippen LogP contribution in [0.3, 0.4) is 0 Å². The summed E-state index contributed by atoms with van der Waals surface area (Å²) in [6.45, 7) is 4.35. The molecule has 0 aliphatic carbocycles. The Morgan fingerprint density at radius 2 is 2.44 bits per heavy atom. The van der Waals surface area contributed by atoms with E-state index in [0.29, 0.717) is 25.3 Å².